The van der Waals surface area contributed by atoms with Crippen molar-refractivity contribution in [3.63, 3.8) is 0 Å². The lowest BCUT2D eigenvalue weighted by Gasteiger charge is -2.16. The van der Waals surface area contributed by atoms with Crippen molar-refractivity contribution in [1.82, 2.24) is 0 Å². The van der Waals surface area contributed by atoms with E-state index in [0.29, 0.717) is 11.4 Å². The summed E-state index contributed by atoms with van der Waals surface area (Å²) in [5.74, 6) is -0.935. The van der Waals surface area contributed by atoms with Gasteiger partial charge in [-0.15, -0.1) is 0 Å². The van der Waals surface area contributed by atoms with Gasteiger partial charge in [0.05, 0.1) is 15.7 Å². The molecular formula is C15H15BrF2N2O. The van der Waals surface area contributed by atoms with Crippen molar-refractivity contribution >= 4 is 27.3 Å². The second-order valence-corrected chi connectivity index (χ2v) is 5.58. The third-order valence-corrected chi connectivity index (χ3v) is 3.64. The number of anilines is 2. The van der Waals surface area contributed by atoms with Gasteiger partial charge in [0.1, 0.15) is 24.0 Å². The Labute approximate surface area is 130 Å². The zero-order valence-corrected chi connectivity index (χ0v) is 13.2. The number of benzene rings is 2. The number of hydrogen-bond acceptors (Lipinski definition) is 3. The van der Waals surface area contributed by atoms with Gasteiger partial charge in [0, 0.05) is 25.8 Å². The van der Waals surface area contributed by atoms with Crippen LogP contribution in [0.4, 0.5) is 20.2 Å². The molecule has 0 aliphatic rings. The van der Waals surface area contributed by atoms with E-state index in [4.69, 9.17) is 10.5 Å². The highest BCUT2D eigenvalue weighted by atomic mass is 79.9. The van der Waals surface area contributed by atoms with Crippen LogP contribution in [0.25, 0.3) is 0 Å². The monoisotopic (exact) mass is 356 g/mol. The molecule has 0 radical (unpaired) electrons. The fraction of sp³-hybridized carbons (Fsp3) is 0.200. The average Bonchev–Trinajstić information content (AvgIpc) is 2.44. The molecule has 0 fully saturated rings. The third kappa shape index (κ3) is 3.44. The molecular weight excluding hydrogens is 342 g/mol. The van der Waals surface area contributed by atoms with Gasteiger partial charge in [0.2, 0.25) is 0 Å². The summed E-state index contributed by atoms with van der Waals surface area (Å²) in [5, 5.41) is 0. The lowest BCUT2D eigenvalue weighted by molar-refractivity contribution is 0.294. The summed E-state index contributed by atoms with van der Waals surface area (Å²) in [6, 6.07) is 7.75. The van der Waals surface area contributed by atoms with Crippen LogP contribution in [-0.4, -0.2) is 14.1 Å². The van der Waals surface area contributed by atoms with E-state index < -0.39 is 11.6 Å². The molecule has 0 bridgehead atoms. The molecule has 3 nitrogen and oxygen atoms in total. The van der Waals surface area contributed by atoms with E-state index in [9.17, 15) is 8.78 Å². The number of ether oxygens (including phenoxy) is 1. The summed E-state index contributed by atoms with van der Waals surface area (Å²) < 4.78 is 33.2. The van der Waals surface area contributed by atoms with Crippen LogP contribution >= 0.6 is 15.9 Å². The summed E-state index contributed by atoms with van der Waals surface area (Å²) in [4.78, 5) is 1.88. The fourth-order valence-electron chi connectivity index (χ4n) is 1.78. The van der Waals surface area contributed by atoms with Crippen LogP contribution in [-0.2, 0) is 6.61 Å². The summed E-state index contributed by atoms with van der Waals surface area (Å²) in [6.07, 6.45) is 0. The third-order valence-electron chi connectivity index (χ3n) is 3.02. The number of hydrogen-bond donors (Lipinski definition) is 1. The van der Waals surface area contributed by atoms with Crippen molar-refractivity contribution in [2.45, 2.75) is 6.61 Å². The molecule has 0 heterocycles. The van der Waals surface area contributed by atoms with Crippen LogP contribution in [0.3, 0.4) is 0 Å². The van der Waals surface area contributed by atoms with Crippen LogP contribution in [0.2, 0.25) is 0 Å². The minimum absolute atomic E-state index is 0.140. The highest BCUT2D eigenvalue weighted by Gasteiger charge is 2.14. The van der Waals surface area contributed by atoms with Gasteiger partial charge in [-0.05, 0) is 40.2 Å². The first kappa shape index (κ1) is 15.6. The first-order chi connectivity index (χ1) is 9.90. The Morgan fingerprint density at radius 1 is 1.19 bits per heavy atom. The molecule has 21 heavy (non-hydrogen) atoms. The SMILES string of the molecule is CN(C)c1ccc(N)c(OCc2c(F)ccc(Br)c2F)c1. The Bertz CT molecular complexity index is 662. The summed E-state index contributed by atoms with van der Waals surface area (Å²) in [5.41, 5.74) is 6.98. The van der Waals surface area contributed by atoms with Crippen molar-refractivity contribution in [2.24, 2.45) is 0 Å². The topological polar surface area (TPSA) is 38.5 Å². The average molecular weight is 357 g/mol. The van der Waals surface area contributed by atoms with Crippen LogP contribution < -0.4 is 15.4 Å². The molecule has 0 amide bonds. The summed E-state index contributed by atoms with van der Waals surface area (Å²) >= 11 is 3.02. The van der Waals surface area contributed by atoms with Crippen molar-refractivity contribution < 1.29 is 13.5 Å². The Morgan fingerprint density at radius 3 is 2.57 bits per heavy atom. The Balaban J connectivity index is 2.24. The summed E-state index contributed by atoms with van der Waals surface area (Å²) in [6.45, 7) is -0.238. The standard InChI is InChI=1S/C15H15BrF2N2O/c1-20(2)9-3-6-13(19)14(7-9)21-8-10-12(17)5-4-11(16)15(10)18/h3-7H,8,19H2,1-2H3. The molecule has 112 valence electrons. The Hall–Kier alpha value is -1.82. The molecule has 2 rings (SSSR count). The van der Waals surface area contributed by atoms with E-state index in [-0.39, 0.29) is 16.6 Å². The lowest BCUT2D eigenvalue weighted by atomic mass is 10.2. The quantitative estimate of drug-likeness (QED) is 0.665. The van der Waals surface area contributed by atoms with E-state index in [2.05, 4.69) is 15.9 Å². The molecule has 0 saturated carbocycles. The largest absolute Gasteiger partial charge is 0.486 e. The first-order valence-electron chi connectivity index (χ1n) is 6.22. The molecule has 0 aliphatic carbocycles. The summed E-state index contributed by atoms with van der Waals surface area (Å²) in [7, 11) is 3.76. The first-order valence-corrected chi connectivity index (χ1v) is 7.01. The van der Waals surface area contributed by atoms with Crippen molar-refractivity contribution in [3.05, 3.63) is 52.0 Å². The smallest absolute Gasteiger partial charge is 0.146 e. The van der Waals surface area contributed by atoms with Crippen molar-refractivity contribution in [2.75, 3.05) is 24.7 Å². The molecule has 0 unspecified atom stereocenters. The van der Waals surface area contributed by atoms with Gasteiger partial charge >= 0.3 is 0 Å². The highest BCUT2D eigenvalue weighted by molar-refractivity contribution is 9.10. The van der Waals surface area contributed by atoms with Gasteiger partial charge in [-0.25, -0.2) is 8.78 Å². The fourth-order valence-corrected chi connectivity index (χ4v) is 2.15. The van der Waals surface area contributed by atoms with Gasteiger partial charge in [-0.3, -0.25) is 0 Å². The molecule has 2 aromatic carbocycles. The van der Waals surface area contributed by atoms with Gasteiger partial charge in [-0.1, -0.05) is 0 Å². The highest BCUT2D eigenvalue weighted by Crippen LogP contribution is 2.29. The number of rotatable bonds is 4. The minimum atomic E-state index is -0.669. The molecule has 0 spiro atoms. The second-order valence-electron chi connectivity index (χ2n) is 4.73. The van der Waals surface area contributed by atoms with Gasteiger partial charge in [0.25, 0.3) is 0 Å². The van der Waals surface area contributed by atoms with Crippen LogP contribution in [0.5, 0.6) is 5.75 Å². The van der Waals surface area contributed by atoms with Gasteiger partial charge in [0.15, 0.2) is 0 Å². The van der Waals surface area contributed by atoms with E-state index >= 15 is 0 Å². The number of halogens is 3. The van der Waals surface area contributed by atoms with Crippen LogP contribution in [0.15, 0.2) is 34.8 Å². The predicted octanol–water partition coefficient (Wildman–Crippen LogP) is 3.95. The van der Waals surface area contributed by atoms with E-state index in [1.54, 1.807) is 12.1 Å². The maximum absolute atomic E-state index is 13.9. The number of nitrogens with zero attached hydrogens (tertiary/aromatic N) is 1. The number of nitrogen functional groups attached to an aromatic ring is 1. The molecule has 0 aliphatic heterocycles. The zero-order valence-electron chi connectivity index (χ0n) is 11.7. The van der Waals surface area contributed by atoms with Gasteiger partial charge < -0.3 is 15.4 Å². The maximum atomic E-state index is 13.9. The predicted molar refractivity (Wildman–Crippen MR) is 83.6 cm³/mol. The zero-order chi connectivity index (χ0) is 15.6. The van der Waals surface area contributed by atoms with E-state index in [1.807, 2.05) is 25.1 Å². The molecule has 2 aromatic rings. The van der Waals surface area contributed by atoms with E-state index in [0.717, 1.165) is 5.69 Å². The minimum Gasteiger partial charge on any atom is -0.486 e. The van der Waals surface area contributed by atoms with Crippen molar-refractivity contribution in [3.8, 4) is 5.75 Å². The molecule has 0 saturated heterocycles. The lowest BCUT2D eigenvalue weighted by Crippen LogP contribution is -2.09. The van der Waals surface area contributed by atoms with Crippen molar-refractivity contribution in [1.29, 1.82) is 0 Å². The molecule has 0 atom stereocenters. The maximum Gasteiger partial charge on any atom is 0.146 e. The second kappa shape index (κ2) is 6.30. The number of nitrogens with two attached hydrogens (primary N) is 1. The van der Waals surface area contributed by atoms with E-state index in [1.165, 1.54) is 12.1 Å². The molecule has 2 N–H and O–H groups in total. The van der Waals surface area contributed by atoms with Crippen LogP contribution in [0.1, 0.15) is 5.56 Å². The Morgan fingerprint density at radius 2 is 1.90 bits per heavy atom. The molecule has 0 aromatic heterocycles. The van der Waals surface area contributed by atoms with Gasteiger partial charge in [-0.2, -0.15) is 0 Å². The molecule has 6 heteroatoms. The Kier molecular flexibility index (Phi) is 4.67. The normalized spacial score (nSPS) is 10.5. The van der Waals surface area contributed by atoms with Crippen LogP contribution in [0, 0.1) is 11.6 Å².